The molecule has 0 spiro atoms. The van der Waals surface area contributed by atoms with E-state index in [1.807, 2.05) is 19.1 Å². The Labute approximate surface area is 96.2 Å². The highest BCUT2D eigenvalue weighted by Gasteiger charge is 2.15. The number of nitrogens with two attached hydrogens (primary N) is 1. The molecule has 1 aromatic rings. The topological polar surface area (TPSA) is 60.2 Å². The van der Waals surface area contributed by atoms with Gasteiger partial charge in [-0.05, 0) is 25.8 Å². The van der Waals surface area contributed by atoms with E-state index in [0.717, 1.165) is 43.1 Å². The Hall–Kier alpha value is -1.13. The first-order valence-electron chi connectivity index (χ1n) is 5.81. The minimum atomic E-state index is 0.327. The maximum absolute atomic E-state index is 5.67. The van der Waals surface area contributed by atoms with Gasteiger partial charge in [0.25, 0.3) is 0 Å². The molecule has 1 aromatic heterocycles. The fourth-order valence-electron chi connectivity index (χ4n) is 1.92. The molecule has 0 amide bonds. The Morgan fingerprint density at radius 1 is 1.56 bits per heavy atom. The van der Waals surface area contributed by atoms with Crippen molar-refractivity contribution in [3.8, 4) is 0 Å². The van der Waals surface area contributed by atoms with Crippen LogP contribution in [0.15, 0.2) is 12.1 Å². The summed E-state index contributed by atoms with van der Waals surface area (Å²) in [6.45, 7) is 4.21. The van der Waals surface area contributed by atoms with Gasteiger partial charge in [-0.1, -0.05) is 6.07 Å². The van der Waals surface area contributed by atoms with Crippen molar-refractivity contribution in [1.29, 1.82) is 0 Å². The molecule has 3 N–H and O–H groups in total. The lowest BCUT2D eigenvalue weighted by Gasteiger charge is -2.14. The van der Waals surface area contributed by atoms with E-state index >= 15 is 0 Å². The summed E-state index contributed by atoms with van der Waals surface area (Å²) in [5.41, 5.74) is 7.74. The van der Waals surface area contributed by atoms with Gasteiger partial charge in [-0.25, -0.2) is 4.98 Å². The summed E-state index contributed by atoms with van der Waals surface area (Å²) in [6.07, 6.45) is 2.63. The number of anilines is 1. The van der Waals surface area contributed by atoms with Crippen LogP contribution in [0.4, 0.5) is 5.82 Å². The summed E-state index contributed by atoms with van der Waals surface area (Å²) in [4.78, 5) is 4.46. The zero-order chi connectivity index (χ0) is 11.4. The van der Waals surface area contributed by atoms with E-state index in [4.69, 9.17) is 10.5 Å². The first-order valence-corrected chi connectivity index (χ1v) is 5.81. The molecule has 0 aliphatic carbocycles. The van der Waals surface area contributed by atoms with Gasteiger partial charge in [-0.15, -0.1) is 0 Å². The summed E-state index contributed by atoms with van der Waals surface area (Å²) >= 11 is 0. The average molecular weight is 221 g/mol. The fraction of sp³-hybridized carbons (Fsp3) is 0.583. The smallest absolute Gasteiger partial charge is 0.130 e. The second-order valence-electron chi connectivity index (χ2n) is 4.18. The van der Waals surface area contributed by atoms with Crippen molar-refractivity contribution in [1.82, 2.24) is 4.98 Å². The Kier molecular flexibility index (Phi) is 3.74. The molecular formula is C12H19N3O. The minimum absolute atomic E-state index is 0.327. The predicted octanol–water partition coefficient (Wildman–Crippen LogP) is 1.44. The summed E-state index contributed by atoms with van der Waals surface area (Å²) in [6, 6.07) is 4.01. The third-order valence-electron chi connectivity index (χ3n) is 2.86. The van der Waals surface area contributed by atoms with E-state index in [0.29, 0.717) is 12.6 Å². The molecule has 0 bridgehead atoms. The standard InChI is InChI=1S/C12H19N3O/c1-9-4-5-10(7-13)12(15-9)14-8-11-3-2-6-16-11/h4-5,11H,2-3,6-8,13H2,1H3,(H,14,15). The average Bonchev–Trinajstić information content (AvgIpc) is 2.79. The first kappa shape index (κ1) is 11.4. The molecule has 1 atom stereocenters. The van der Waals surface area contributed by atoms with E-state index in [2.05, 4.69) is 10.3 Å². The first-order chi connectivity index (χ1) is 7.79. The summed E-state index contributed by atoms with van der Waals surface area (Å²) < 4.78 is 5.56. The summed E-state index contributed by atoms with van der Waals surface area (Å²) in [5, 5.41) is 3.33. The lowest BCUT2D eigenvalue weighted by Crippen LogP contribution is -2.20. The number of hydrogen-bond donors (Lipinski definition) is 2. The van der Waals surface area contributed by atoms with Crippen LogP contribution < -0.4 is 11.1 Å². The monoisotopic (exact) mass is 221 g/mol. The van der Waals surface area contributed by atoms with Crippen LogP contribution >= 0.6 is 0 Å². The van der Waals surface area contributed by atoms with E-state index in [1.54, 1.807) is 0 Å². The van der Waals surface area contributed by atoms with E-state index in [9.17, 15) is 0 Å². The number of hydrogen-bond acceptors (Lipinski definition) is 4. The number of nitrogens with zero attached hydrogens (tertiary/aromatic N) is 1. The highest BCUT2D eigenvalue weighted by atomic mass is 16.5. The Balaban J connectivity index is 1.98. The number of pyridine rings is 1. The molecule has 1 aliphatic rings. The summed E-state index contributed by atoms with van der Waals surface area (Å²) in [7, 11) is 0. The Morgan fingerprint density at radius 2 is 2.44 bits per heavy atom. The molecule has 4 nitrogen and oxygen atoms in total. The molecule has 1 saturated heterocycles. The maximum Gasteiger partial charge on any atom is 0.130 e. The van der Waals surface area contributed by atoms with Gasteiger partial charge in [0, 0.05) is 31.0 Å². The van der Waals surface area contributed by atoms with Crippen molar-refractivity contribution in [2.75, 3.05) is 18.5 Å². The van der Waals surface area contributed by atoms with Crippen LogP contribution in [0.5, 0.6) is 0 Å². The Morgan fingerprint density at radius 3 is 3.12 bits per heavy atom. The second kappa shape index (κ2) is 5.27. The van der Waals surface area contributed by atoms with Crippen LogP contribution in [0.3, 0.4) is 0 Å². The highest BCUT2D eigenvalue weighted by Crippen LogP contribution is 2.16. The SMILES string of the molecule is Cc1ccc(CN)c(NCC2CCCO2)n1. The molecule has 16 heavy (non-hydrogen) atoms. The van der Waals surface area contributed by atoms with Crippen molar-refractivity contribution in [3.63, 3.8) is 0 Å². The number of aromatic nitrogens is 1. The molecule has 2 rings (SSSR count). The lowest BCUT2D eigenvalue weighted by molar-refractivity contribution is 0.120. The third-order valence-corrected chi connectivity index (χ3v) is 2.86. The molecule has 2 heterocycles. The molecular weight excluding hydrogens is 202 g/mol. The third kappa shape index (κ3) is 2.71. The van der Waals surface area contributed by atoms with Crippen LogP contribution in [0, 0.1) is 6.92 Å². The van der Waals surface area contributed by atoms with Crippen molar-refractivity contribution >= 4 is 5.82 Å². The highest BCUT2D eigenvalue weighted by molar-refractivity contribution is 5.45. The molecule has 1 fully saturated rings. The van der Waals surface area contributed by atoms with Crippen molar-refractivity contribution in [2.45, 2.75) is 32.4 Å². The molecule has 1 unspecified atom stereocenters. The molecule has 1 aliphatic heterocycles. The van der Waals surface area contributed by atoms with Gasteiger partial charge in [0.05, 0.1) is 6.10 Å². The largest absolute Gasteiger partial charge is 0.376 e. The van der Waals surface area contributed by atoms with Crippen LogP contribution in [0.25, 0.3) is 0 Å². The van der Waals surface area contributed by atoms with Gasteiger partial charge in [0.2, 0.25) is 0 Å². The van der Waals surface area contributed by atoms with Crippen molar-refractivity contribution in [3.05, 3.63) is 23.4 Å². The van der Waals surface area contributed by atoms with Crippen LogP contribution in [-0.4, -0.2) is 24.2 Å². The quantitative estimate of drug-likeness (QED) is 0.807. The van der Waals surface area contributed by atoms with Crippen LogP contribution in [0.1, 0.15) is 24.1 Å². The van der Waals surface area contributed by atoms with E-state index in [-0.39, 0.29) is 0 Å². The van der Waals surface area contributed by atoms with Gasteiger partial charge in [-0.2, -0.15) is 0 Å². The maximum atomic E-state index is 5.67. The molecule has 88 valence electrons. The second-order valence-corrected chi connectivity index (χ2v) is 4.18. The van der Waals surface area contributed by atoms with Gasteiger partial charge in [-0.3, -0.25) is 0 Å². The zero-order valence-electron chi connectivity index (χ0n) is 9.70. The normalized spacial score (nSPS) is 20.0. The molecule has 4 heteroatoms. The number of ether oxygens (including phenoxy) is 1. The number of aryl methyl sites for hydroxylation is 1. The summed E-state index contributed by atoms with van der Waals surface area (Å²) in [5.74, 6) is 0.901. The number of nitrogens with one attached hydrogen (secondary N) is 1. The van der Waals surface area contributed by atoms with Gasteiger partial charge >= 0.3 is 0 Å². The van der Waals surface area contributed by atoms with Crippen LogP contribution in [0.2, 0.25) is 0 Å². The molecule has 0 saturated carbocycles. The Bertz CT molecular complexity index is 348. The predicted molar refractivity (Wildman–Crippen MR) is 64.3 cm³/mol. The lowest BCUT2D eigenvalue weighted by atomic mass is 10.2. The van der Waals surface area contributed by atoms with Crippen molar-refractivity contribution < 1.29 is 4.74 Å². The number of rotatable bonds is 4. The van der Waals surface area contributed by atoms with Crippen molar-refractivity contribution in [2.24, 2.45) is 5.73 Å². The van der Waals surface area contributed by atoms with Gasteiger partial charge in [0.15, 0.2) is 0 Å². The minimum Gasteiger partial charge on any atom is -0.376 e. The zero-order valence-corrected chi connectivity index (χ0v) is 9.70. The van der Waals surface area contributed by atoms with E-state index < -0.39 is 0 Å². The van der Waals surface area contributed by atoms with Crippen LogP contribution in [-0.2, 0) is 11.3 Å². The molecule has 0 radical (unpaired) electrons. The fourth-order valence-corrected chi connectivity index (χ4v) is 1.92. The van der Waals surface area contributed by atoms with Gasteiger partial charge in [0.1, 0.15) is 5.82 Å². The van der Waals surface area contributed by atoms with E-state index in [1.165, 1.54) is 0 Å². The van der Waals surface area contributed by atoms with Gasteiger partial charge < -0.3 is 15.8 Å². The molecule has 0 aromatic carbocycles.